The lowest BCUT2D eigenvalue weighted by Crippen LogP contribution is -2.24. The smallest absolute Gasteiger partial charge is 0.255 e. The molecule has 1 amide bonds. The normalized spacial score (nSPS) is 11.5. The monoisotopic (exact) mass is 449 g/mol. The second-order valence-electron chi connectivity index (χ2n) is 6.41. The Hall–Kier alpha value is -2.87. The highest BCUT2D eigenvalue weighted by Gasteiger charge is 2.17. The molecule has 0 unspecified atom stereocenters. The number of hydrogen-bond donors (Lipinski definition) is 3. The van der Waals surface area contributed by atoms with Crippen LogP contribution in [0.5, 0.6) is 0 Å². The van der Waals surface area contributed by atoms with Gasteiger partial charge >= 0.3 is 0 Å². The molecule has 30 heavy (non-hydrogen) atoms. The van der Waals surface area contributed by atoms with Crippen molar-refractivity contribution in [2.45, 2.75) is 25.2 Å². The Balaban J connectivity index is 2.26. The summed E-state index contributed by atoms with van der Waals surface area (Å²) in [5, 5.41) is 2.69. The zero-order valence-electron chi connectivity index (χ0n) is 16.6. The molecule has 0 fully saturated rings. The molecule has 160 valence electrons. The average molecular weight is 450 g/mol. The molecule has 2 aromatic carbocycles. The third-order valence-electron chi connectivity index (χ3n) is 4.09. The van der Waals surface area contributed by atoms with Crippen molar-refractivity contribution in [2.24, 2.45) is 0 Å². The first-order valence-electron chi connectivity index (χ1n) is 9.04. The molecule has 0 aromatic heterocycles. The zero-order chi connectivity index (χ0) is 22.4. The first-order chi connectivity index (χ1) is 14.1. The average Bonchev–Trinajstić information content (AvgIpc) is 2.69. The molecule has 2 rings (SSSR count). The van der Waals surface area contributed by atoms with E-state index in [9.17, 15) is 21.6 Å². The molecule has 0 bridgehead atoms. The minimum absolute atomic E-state index is 0.0159. The number of terminal acetylenes is 1. The molecular formula is C20H23N3O5S2. The minimum atomic E-state index is -3.84. The van der Waals surface area contributed by atoms with Crippen LogP contribution in [0, 0.1) is 19.3 Å². The number of carbonyl (C=O) groups is 1. The predicted octanol–water partition coefficient (Wildman–Crippen LogP) is 2.31. The van der Waals surface area contributed by atoms with E-state index < -0.39 is 26.0 Å². The van der Waals surface area contributed by atoms with Crippen LogP contribution >= 0.6 is 0 Å². The van der Waals surface area contributed by atoms with Gasteiger partial charge in [-0.05, 0) is 49.2 Å². The molecule has 0 aliphatic rings. The number of amides is 1. The number of carbonyl (C=O) groups excluding carboxylic acids is 1. The van der Waals surface area contributed by atoms with Crippen LogP contribution in [0.3, 0.4) is 0 Å². The molecule has 0 atom stereocenters. The molecule has 2 aromatic rings. The summed E-state index contributed by atoms with van der Waals surface area (Å²) in [7, 11) is -7.33. The molecule has 0 spiro atoms. The lowest BCUT2D eigenvalue weighted by molar-refractivity contribution is 0.102. The van der Waals surface area contributed by atoms with Crippen molar-refractivity contribution in [3.05, 3.63) is 53.6 Å². The third kappa shape index (κ3) is 6.06. The van der Waals surface area contributed by atoms with Gasteiger partial charge in [0.15, 0.2) is 0 Å². The first-order valence-corrected chi connectivity index (χ1v) is 12.2. The van der Waals surface area contributed by atoms with Crippen LogP contribution in [0.2, 0.25) is 0 Å². The van der Waals surface area contributed by atoms with Crippen LogP contribution in [0.15, 0.2) is 47.4 Å². The van der Waals surface area contributed by atoms with Gasteiger partial charge in [-0.2, -0.15) is 4.72 Å². The van der Waals surface area contributed by atoms with E-state index in [-0.39, 0.29) is 22.8 Å². The van der Waals surface area contributed by atoms with Gasteiger partial charge in [0.05, 0.1) is 22.9 Å². The van der Waals surface area contributed by atoms with E-state index in [0.717, 1.165) is 0 Å². The summed E-state index contributed by atoms with van der Waals surface area (Å²) in [6.45, 7) is 3.27. The van der Waals surface area contributed by atoms with Crippen molar-refractivity contribution in [3.8, 4) is 12.3 Å². The van der Waals surface area contributed by atoms with E-state index in [2.05, 4.69) is 20.7 Å². The standard InChI is InChI=1S/C20H23N3O5S2/c1-4-12-21-30(27,28)17-9-6-8-16(14-17)20(24)22-18-10-7-11-19(15(18)3)23-29(25,26)13-5-2/h1,6-11,14,21,23H,5,12-13H2,2-3H3,(H,22,24). The van der Waals surface area contributed by atoms with Crippen molar-refractivity contribution < 1.29 is 21.6 Å². The maximum absolute atomic E-state index is 12.7. The van der Waals surface area contributed by atoms with Crippen molar-refractivity contribution in [2.75, 3.05) is 22.3 Å². The maximum atomic E-state index is 12.7. The van der Waals surface area contributed by atoms with Crippen LogP contribution in [-0.2, 0) is 20.0 Å². The quantitative estimate of drug-likeness (QED) is 0.507. The van der Waals surface area contributed by atoms with Gasteiger partial charge in [-0.25, -0.2) is 16.8 Å². The van der Waals surface area contributed by atoms with E-state index in [1.54, 1.807) is 32.0 Å². The Labute approximate surface area is 177 Å². The molecule has 8 nitrogen and oxygen atoms in total. The topological polar surface area (TPSA) is 121 Å². The Morgan fingerprint density at radius 2 is 1.73 bits per heavy atom. The van der Waals surface area contributed by atoms with E-state index >= 15 is 0 Å². The molecule has 0 radical (unpaired) electrons. The van der Waals surface area contributed by atoms with Crippen molar-refractivity contribution in [1.82, 2.24) is 4.72 Å². The lowest BCUT2D eigenvalue weighted by atomic mass is 10.1. The highest BCUT2D eigenvalue weighted by Crippen LogP contribution is 2.25. The van der Waals surface area contributed by atoms with Crippen LogP contribution in [0.4, 0.5) is 11.4 Å². The SMILES string of the molecule is C#CCNS(=O)(=O)c1cccc(C(=O)Nc2cccc(NS(=O)(=O)CCC)c2C)c1. The van der Waals surface area contributed by atoms with Crippen LogP contribution in [-0.4, -0.2) is 35.0 Å². The number of sulfonamides is 2. The fourth-order valence-corrected chi connectivity index (χ4v) is 4.76. The van der Waals surface area contributed by atoms with Crippen molar-refractivity contribution in [1.29, 1.82) is 0 Å². The second-order valence-corrected chi connectivity index (χ2v) is 10.0. The van der Waals surface area contributed by atoms with Crippen LogP contribution < -0.4 is 14.8 Å². The largest absolute Gasteiger partial charge is 0.322 e. The molecule has 0 aliphatic carbocycles. The third-order valence-corrected chi connectivity index (χ3v) is 6.97. The molecular weight excluding hydrogens is 426 g/mol. The highest BCUT2D eigenvalue weighted by atomic mass is 32.2. The summed E-state index contributed by atoms with van der Waals surface area (Å²) in [5.41, 5.74) is 1.41. The van der Waals surface area contributed by atoms with E-state index in [4.69, 9.17) is 6.42 Å². The van der Waals surface area contributed by atoms with Gasteiger partial charge in [0.2, 0.25) is 20.0 Å². The fourth-order valence-electron chi connectivity index (χ4n) is 2.59. The van der Waals surface area contributed by atoms with Gasteiger partial charge in [-0.1, -0.05) is 25.0 Å². The summed E-state index contributed by atoms with van der Waals surface area (Å²) >= 11 is 0. The second kappa shape index (κ2) is 9.75. The van der Waals surface area contributed by atoms with Crippen molar-refractivity contribution in [3.63, 3.8) is 0 Å². The van der Waals surface area contributed by atoms with Crippen molar-refractivity contribution >= 4 is 37.3 Å². The summed E-state index contributed by atoms with van der Waals surface area (Å²) in [5.74, 6) is 1.62. The Kier molecular flexibility index (Phi) is 7.61. The Morgan fingerprint density at radius 3 is 2.40 bits per heavy atom. The van der Waals surface area contributed by atoms with E-state index in [0.29, 0.717) is 23.4 Å². The van der Waals surface area contributed by atoms with Gasteiger partial charge in [-0.3, -0.25) is 9.52 Å². The molecule has 0 saturated carbocycles. The van der Waals surface area contributed by atoms with Crippen LogP contribution in [0.25, 0.3) is 0 Å². The fraction of sp³-hybridized carbons (Fsp3) is 0.250. The molecule has 0 aliphatic heterocycles. The van der Waals surface area contributed by atoms with Crippen LogP contribution in [0.1, 0.15) is 29.3 Å². The Bertz CT molecular complexity index is 1180. The zero-order valence-corrected chi connectivity index (χ0v) is 18.2. The summed E-state index contributed by atoms with van der Waals surface area (Å²) in [6.07, 6.45) is 5.55. The van der Waals surface area contributed by atoms with Gasteiger partial charge < -0.3 is 5.32 Å². The van der Waals surface area contributed by atoms with E-state index in [1.165, 1.54) is 24.3 Å². The number of benzene rings is 2. The number of anilines is 2. The summed E-state index contributed by atoms with van der Waals surface area (Å²) < 4.78 is 53.2. The molecule has 0 heterocycles. The van der Waals surface area contributed by atoms with Gasteiger partial charge in [0.1, 0.15) is 0 Å². The lowest BCUT2D eigenvalue weighted by Gasteiger charge is -2.14. The maximum Gasteiger partial charge on any atom is 0.255 e. The predicted molar refractivity (Wildman–Crippen MR) is 117 cm³/mol. The highest BCUT2D eigenvalue weighted by molar-refractivity contribution is 7.92. The summed E-state index contributed by atoms with van der Waals surface area (Å²) in [6, 6.07) is 10.3. The van der Waals surface area contributed by atoms with Gasteiger partial charge in [0.25, 0.3) is 5.91 Å². The Morgan fingerprint density at radius 1 is 1.07 bits per heavy atom. The van der Waals surface area contributed by atoms with Gasteiger partial charge in [0, 0.05) is 11.3 Å². The summed E-state index contributed by atoms with van der Waals surface area (Å²) in [4.78, 5) is 12.6. The number of nitrogens with one attached hydrogen (secondary N) is 3. The van der Waals surface area contributed by atoms with E-state index in [1.807, 2.05) is 0 Å². The molecule has 0 saturated heterocycles. The number of hydrogen-bond acceptors (Lipinski definition) is 5. The van der Waals surface area contributed by atoms with Gasteiger partial charge in [-0.15, -0.1) is 6.42 Å². The molecule has 10 heteroatoms. The molecule has 3 N–H and O–H groups in total. The minimum Gasteiger partial charge on any atom is -0.322 e. The number of rotatable bonds is 9. The first kappa shape index (κ1) is 23.4.